The molecule has 0 amide bonds. The van der Waals surface area contributed by atoms with Crippen LogP contribution >= 0.6 is 10.7 Å². The maximum atomic E-state index is 5.78. The molecular formula is C5H12ClS+. The normalized spacial score (nSPS) is 16.7. The lowest BCUT2D eigenvalue weighted by atomic mass is 10.3. The van der Waals surface area contributed by atoms with Crippen molar-refractivity contribution >= 4 is 20.8 Å². The van der Waals surface area contributed by atoms with Crippen LogP contribution in [-0.2, 0) is 10.1 Å². The van der Waals surface area contributed by atoms with E-state index < -0.39 is 0 Å². The van der Waals surface area contributed by atoms with Gasteiger partial charge in [-0.25, -0.2) is 0 Å². The van der Waals surface area contributed by atoms with E-state index in [1.165, 1.54) is 0 Å². The van der Waals surface area contributed by atoms with Crippen LogP contribution in [0.3, 0.4) is 0 Å². The van der Waals surface area contributed by atoms with Gasteiger partial charge in [-0.05, 0) is 20.8 Å². The quantitative estimate of drug-likeness (QED) is 0.452. The van der Waals surface area contributed by atoms with Crippen LogP contribution in [0.4, 0.5) is 0 Å². The minimum absolute atomic E-state index is 0.0394. The van der Waals surface area contributed by atoms with Gasteiger partial charge in [0.05, 0.1) is 0 Å². The van der Waals surface area contributed by atoms with Crippen molar-refractivity contribution in [2.24, 2.45) is 0 Å². The van der Waals surface area contributed by atoms with Crippen LogP contribution in [0.2, 0.25) is 0 Å². The van der Waals surface area contributed by atoms with Crippen molar-refractivity contribution in [3.8, 4) is 0 Å². The topological polar surface area (TPSA) is 0 Å². The van der Waals surface area contributed by atoms with Gasteiger partial charge in [-0.2, -0.15) is 0 Å². The molecule has 44 valence electrons. The highest BCUT2D eigenvalue weighted by molar-refractivity contribution is 8.18. The third-order valence-electron chi connectivity index (χ3n) is 0.844. The molecule has 1 atom stereocenters. The van der Waals surface area contributed by atoms with Crippen LogP contribution in [0.1, 0.15) is 20.8 Å². The molecule has 0 heterocycles. The first-order valence-electron chi connectivity index (χ1n) is 2.27. The van der Waals surface area contributed by atoms with Gasteiger partial charge < -0.3 is 0 Å². The van der Waals surface area contributed by atoms with Crippen LogP contribution in [0.5, 0.6) is 0 Å². The van der Waals surface area contributed by atoms with Crippen molar-refractivity contribution in [3.63, 3.8) is 0 Å². The summed E-state index contributed by atoms with van der Waals surface area (Å²) in [5.41, 5.74) is 0. The zero-order valence-electron chi connectivity index (χ0n) is 5.29. The Kier molecular flexibility index (Phi) is 2.48. The van der Waals surface area contributed by atoms with E-state index in [-0.39, 0.29) is 10.1 Å². The molecule has 0 spiro atoms. The predicted octanol–water partition coefficient (Wildman–Crippen LogP) is 2.19. The maximum absolute atomic E-state index is 5.78. The maximum Gasteiger partial charge on any atom is 0.176 e. The average molecular weight is 140 g/mol. The Balaban J connectivity index is 3.54. The molecule has 0 aromatic rings. The van der Waals surface area contributed by atoms with E-state index in [9.17, 15) is 0 Å². The summed E-state index contributed by atoms with van der Waals surface area (Å²) in [5, 5.41) is 0. The molecule has 0 radical (unpaired) electrons. The van der Waals surface area contributed by atoms with E-state index in [0.717, 1.165) is 0 Å². The summed E-state index contributed by atoms with van der Waals surface area (Å²) in [6.07, 6.45) is 2.04. The Morgan fingerprint density at radius 3 is 1.43 bits per heavy atom. The van der Waals surface area contributed by atoms with Gasteiger partial charge in [0.1, 0.15) is 21.1 Å². The van der Waals surface area contributed by atoms with Gasteiger partial charge >= 0.3 is 0 Å². The molecule has 1 unspecified atom stereocenters. The van der Waals surface area contributed by atoms with Crippen LogP contribution < -0.4 is 0 Å². The monoisotopic (exact) mass is 139 g/mol. The van der Waals surface area contributed by atoms with Gasteiger partial charge in [0.15, 0.2) is 10.7 Å². The van der Waals surface area contributed by atoms with E-state index in [1.54, 1.807) is 0 Å². The molecule has 0 N–H and O–H groups in total. The largest absolute Gasteiger partial charge is 0.176 e. The van der Waals surface area contributed by atoms with E-state index in [2.05, 4.69) is 20.8 Å². The zero-order valence-corrected chi connectivity index (χ0v) is 6.86. The molecule has 0 bridgehead atoms. The highest BCUT2D eigenvalue weighted by Gasteiger charge is 2.27. The third kappa shape index (κ3) is 3.24. The van der Waals surface area contributed by atoms with E-state index in [0.29, 0.717) is 4.75 Å². The van der Waals surface area contributed by atoms with Crippen molar-refractivity contribution in [2.45, 2.75) is 25.5 Å². The van der Waals surface area contributed by atoms with Gasteiger partial charge in [-0.15, -0.1) is 0 Å². The Labute approximate surface area is 53.1 Å². The lowest BCUT2D eigenvalue weighted by molar-refractivity contribution is 0.801. The molecule has 0 aliphatic heterocycles. The van der Waals surface area contributed by atoms with Crippen molar-refractivity contribution in [1.29, 1.82) is 0 Å². The minimum Gasteiger partial charge on any atom is -0.0130 e. The first-order valence-corrected chi connectivity index (χ1v) is 4.73. The molecule has 0 fully saturated rings. The Morgan fingerprint density at radius 2 is 1.43 bits per heavy atom. The number of halogens is 1. The summed E-state index contributed by atoms with van der Waals surface area (Å²) in [4.78, 5) is 0. The van der Waals surface area contributed by atoms with E-state index >= 15 is 0 Å². The Morgan fingerprint density at radius 1 is 1.29 bits per heavy atom. The molecule has 0 aromatic carbocycles. The van der Waals surface area contributed by atoms with Crippen LogP contribution in [0.15, 0.2) is 0 Å². The van der Waals surface area contributed by atoms with Crippen LogP contribution in [0, 0.1) is 0 Å². The van der Waals surface area contributed by atoms with Gasteiger partial charge in [0, 0.05) is 0 Å². The Hall–Kier alpha value is 0.640. The van der Waals surface area contributed by atoms with Crippen LogP contribution in [0.25, 0.3) is 0 Å². The van der Waals surface area contributed by atoms with Crippen molar-refractivity contribution in [1.82, 2.24) is 0 Å². The molecule has 0 aromatic heterocycles. The lowest BCUT2D eigenvalue weighted by Gasteiger charge is -2.08. The minimum atomic E-state index is 0.0394. The highest BCUT2D eigenvalue weighted by Crippen LogP contribution is 2.18. The second-order valence-electron chi connectivity index (χ2n) is 2.55. The summed E-state index contributed by atoms with van der Waals surface area (Å²) < 4.78 is 0.293. The first kappa shape index (κ1) is 7.64. The molecule has 7 heavy (non-hydrogen) atoms. The standard InChI is InChI=1S/C5H12ClS/c1-5(2,3)7(4)6/h1-4H3/q+1. The van der Waals surface area contributed by atoms with Gasteiger partial charge in [0.2, 0.25) is 0 Å². The van der Waals surface area contributed by atoms with Crippen molar-refractivity contribution in [3.05, 3.63) is 0 Å². The fourth-order valence-corrected chi connectivity index (χ4v) is 0. The van der Waals surface area contributed by atoms with Crippen molar-refractivity contribution < 1.29 is 0 Å². The molecule has 0 aliphatic carbocycles. The van der Waals surface area contributed by atoms with E-state index in [4.69, 9.17) is 10.7 Å². The molecule has 2 heteroatoms. The molecule has 0 aliphatic rings. The average Bonchev–Trinajstić information content (AvgIpc) is 1.31. The summed E-state index contributed by atoms with van der Waals surface area (Å²) in [7, 11) is 5.82. The Bertz CT molecular complexity index is 53.6. The number of hydrogen-bond donors (Lipinski definition) is 0. The second kappa shape index (κ2) is 2.27. The first-order chi connectivity index (χ1) is 2.94. The summed E-state index contributed by atoms with van der Waals surface area (Å²) in [6.45, 7) is 6.43. The number of rotatable bonds is 0. The molecule has 0 nitrogen and oxygen atoms in total. The SMILES string of the molecule is C[S+](Cl)C(C)(C)C. The predicted molar refractivity (Wildman–Crippen MR) is 38.9 cm³/mol. The van der Waals surface area contributed by atoms with Crippen molar-refractivity contribution in [2.75, 3.05) is 6.26 Å². The molecular weight excluding hydrogens is 128 g/mol. The smallest absolute Gasteiger partial charge is 0.0130 e. The highest BCUT2D eigenvalue weighted by atomic mass is 35.7. The van der Waals surface area contributed by atoms with Gasteiger partial charge in [-0.1, -0.05) is 0 Å². The van der Waals surface area contributed by atoms with Gasteiger partial charge in [-0.3, -0.25) is 0 Å². The molecule has 0 saturated carbocycles. The van der Waals surface area contributed by atoms with Gasteiger partial charge in [0.25, 0.3) is 0 Å². The van der Waals surface area contributed by atoms with Crippen LogP contribution in [-0.4, -0.2) is 11.0 Å². The van der Waals surface area contributed by atoms with E-state index in [1.807, 2.05) is 6.26 Å². The summed E-state index contributed by atoms with van der Waals surface area (Å²) in [5.74, 6) is 0. The zero-order chi connectivity index (χ0) is 6.08. The summed E-state index contributed by atoms with van der Waals surface area (Å²) >= 11 is 0. The number of hydrogen-bond acceptors (Lipinski definition) is 0. The lowest BCUT2D eigenvalue weighted by Crippen LogP contribution is -2.21. The second-order valence-corrected chi connectivity index (χ2v) is 6.03. The third-order valence-corrected chi connectivity index (χ3v) is 3.92. The fraction of sp³-hybridized carbons (Fsp3) is 1.00. The fourth-order valence-electron chi connectivity index (χ4n) is 0. The molecule has 0 saturated heterocycles. The summed E-state index contributed by atoms with van der Waals surface area (Å²) in [6, 6.07) is 0. The molecule has 0 rings (SSSR count).